The van der Waals surface area contributed by atoms with Crippen LogP contribution in [0.2, 0.25) is 0 Å². The quantitative estimate of drug-likeness (QED) is 0.630. The third-order valence-corrected chi connectivity index (χ3v) is 4.70. The fourth-order valence-corrected chi connectivity index (χ4v) is 3.35. The van der Waals surface area contributed by atoms with Gasteiger partial charge in [0.25, 0.3) is 0 Å². The molecule has 2 nitrogen and oxygen atoms in total. The standard InChI is InChI=1S/C14H16BrFO2/c1-14-12(6-10(15)7-13(14)18-14)17-8-9-4-2-3-5-11(9)16/h2-5,10,12-13H,6-8H2,1H3. The van der Waals surface area contributed by atoms with Crippen molar-refractivity contribution in [1.82, 2.24) is 0 Å². The van der Waals surface area contributed by atoms with Gasteiger partial charge in [0.05, 0.1) is 18.8 Å². The van der Waals surface area contributed by atoms with Gasteiger partial charge >= 0.3 is 0 Å². The molecule has 1 saturated carbocycles. The molecule has 0 aromatic heterocycles. The minimum Gasteiger partial charge on any atom is -0.370 e. The number of hydrogen-bond donors (Lipinski definition) is 0. The first kappa shape index (κ1) is 12.6. The third-order valence-electron chi connectivity index (χ3n) is 3.96. The highest BCUT2D eigenvalue weighted by atomic mass is 79.9. The van der Waals surface area contributed by atoms with Gasteiger partial charge in [-0.1, -0.05) is 34.1 Å². The second-order valence-corrected chi connectivity index (χ2v) is 6.55. The molecule has 0 radical (unpaired) electrons. The van der Waals surface area contributed by atoms with Crippen LogP contribution >= 0.6 is 15.9 Å². The lowest BCUT2D eigenvalue weighted by atomic mass is 9.87. The molecule has 1 heterocycles. The lowest BCUT2D eigenvalue weighted by Gasteiger charge is -2.28. The predicted octanol–water partition coefficient (Wildman–Crippen LogP) is 3.43. The molecule has 1 saturated heterocycles. The van der Waals surface area contributed by atoms with E-state index in [2.05, 4.69) is 22.9 Å². The van der Waals surface area contributed by atoms with Crippen LogP contribution in [0.5, 0.6) is 0 Å². The van der Waals surface area contributed by atoms with E-state index >= 15 is 0 Å². The van der Waals surface area contributed by atoms with Crippen LogP contribution in [-0.2, 0) is 16.1 Å². The van der Waals surface area contributed by atoms with Crippen LogP contribution in [0.25, 0.3) is 0 Å². The Bertz CT molecular complexity index is 453. The van der Waals surface area contributed by atoms with E-state index in [1.54, 1.807) is 12.1 Å². The van der Waals surface area contributed by atoms with Gasteiger partial charge in [-0.15, -0.1) is 0 Å². The maximum atomic E-state index is 13.5. The van der Waals surface area contributed by atoms with Crippen molar-refractivity contribution in [2.45, 2.75) is 49.0 Å². The topological polar surface area (TPSA) is 21.8 Å². The largest absolute Gasteiger partial charge is 0.370 e. The summed E-state index contributed by atoms with van der Waals surface area (Å²) >= 11 is 3.63. The van der Waals surface area contributed by atoms with Crippen molar-refractivity contribution >= 4 is 15.9 Å². The van der Waals surface area contributed by atoms with Crippen LogP contribution in [0.1, 0.15) is 25.3 Å². The SMILES string of the molecule is CC12OC1CC(Br)CC2OCc1ccccc1F. The van der Waals surface area contributed by atoms with E-state index < -0.39 is 0 Å². The third kappa shape index (κ3) is 2.22. The van der Waals surface area contributed by atoms with Gasteiger partial charge in [-0.2, -0.15) is 0 Å². The summed E-state index contributed by atoms with van der Waals surface area (Å²) in [5, 5.41) is 0. The Hall–Kier alpha value is -0.450. The Labute approximate surface area is 115 Å². The monoisotopic (exact) mass is 314 g/mol. The number of rotatable bonds is 3. The van der Waals surface area contributed by atoms with Crippen LogP contribution in [0, 0.1) is 5.82 Å². The highest BCUT2D eigenvalue weighted by Crippen LogP contribution is 2.50. The number of benzene rings is 1. The first-order valence-corrected chi connectivity index (χ1v) is 7.18. The van der Waals surface area contributed by atoms with E-state index in [-0.39, 0.29) is 17.5 Å². The van der Waals surface area contributed by atoms with Crippen LogP contribution in [0.4, 0.5) is 4.39 Å². The van der Waals surface area contributed by atoms with E-state index in [0.717, 1.165) is 12.8 Å². The van der Waals surface area contributed by atoms with Crippen LogP contribution in [-0.4, -0.2) is 22.6 Å². The fraction of sp³-hybridized carbons (Fsp3) is 0.571. The summed E-state index contributed by atoms with van der Waals surface area (Å²) in [5.74, 6) is -0.206. The summed E-state index contributed by atoms with van der Waals surface area (Å²) < 4.78 is 25.1. The molecule has 0 N–H and O–H groups in total. The summed E-state index contributed by atoms with van der Waals surface area (Å²) in [4.78, 5) is 0.434. The van der Waals surface area contributed by atoms with Gasteiger partial charge < -0.3 is 9.47 Å². The van der Waals surface area contributed by atoms with Gasteiger partial charge in [0.15, 0.2) is 0 Å². The van der Waals surface area contributed by atoms with Crippen molar-refractivity contribution in [2.75, 3.05) is 0 Å². The number of fused-ring (bicyclic) bond motifs is 1. The average molecular weight is 315 g/mol. The van der Waals surface area contributed by atoms with Crippen molar-refractivity contribution in [3.63, 3.8) is 0 Å². The lowest BCUT2D eigenvalue weighted by Crippen LogP contribution is -2.38. The highest BCUT2D eigenvalue weighted by Gasteiger charge is 2.61. The van der Waals surface area contributed by atoms with Gasteiger partial charge in [-0.3, -0.25) is 0 Å². The molecule has 3 rings (SSSR count). The van der Waals surface area contributed by atoms with Crippen molar-refractivity contribution < 1.29 is 13.9 Å². The summed E-state index contributed by atoms with van der Waals surface area (Å²) in [6.07, 6.45) is 2.29. The molecule has 4 heteroatoms. The first-order chi connectivity index (χ1) is 8.59. The van der Waals surface area contributed by atoms with Gasteiger partial charge in [-0.05, 0) is 25.8 Å². The van der Waals surface area contributed by atoms with E-state index in [0.29, 0.717) is 23.1 Å². The first-order valence-electron chi connectivity index (χ1n) is 6.26. The molecule has 98 valence electrons. The smallest absolute Gasteiger partial charge is 0.128 e. The molecule has 1 aliphatic heterocycles. The Morgan fingerprint density at radius 3 is 3.00 bits per heavy atom. The molecular weight excluding hydrogens is 299 g/mol. The van der Waals surface area contributed by atoms with E-state index in [9.17, 15) is 4.39 Å². The second-order valence-electron chi connectivity index (χ2n) is 5.25. The van der Waals surface area contributed by atoms with Gasteiger partial charge in [-0.25, -0.2) is 4.39 Å². The average Bonchev–Trinajstić information content (AvgIpc) is 2.99. The fourth-order valence-electron chi connectivity index (χ4n) is 2.67. The number of hydrogen-bond acceptors (Lipinski definition) is 2. The van der Waals surface area contributed by atoms with Gasteiger partial charge in [0.2, 0.25) is 0 Å². The zero-order chi connectivity index (χ0) is 12.8. The maximum absolute atomic E-state index is 13.5. The number of epoxide rings is 1. The zero-order valence-corrected chi connectivity index (χ0v) is 11.8. The lowest BCUT2D eigenvalue weighted by molar-refractivity contribution is -0.0165. The molecule has 1 aliphatic carbocycles. The van der Waals surface area contributed by atoms with Crippen molar-refractivity contribution in [2.24, 2.45) is 0 Å². The molecule has 18 heavy (non-hydrogen) atoms. The van der Waals surface area contributed by atoms with E-state index in [1.807, 2.05) is 6.07 Å². The number of alkyl halides is 1. The molecule has 0 spiro atoms. The minimum absolute atomic E-state index is 0.0419. The summed E-state index contributed by atoms with van der Waals surface area (Å²) in [7, 11) is 0. The molecule has 4 atom stereocenters. The summed E-state index contributed by atoms with van der Waals surface area (Å²) in [5.41, 5.74) is 0.449. The summed E-state index contributed by atoms with van der Waals surface area (Å²) in [6, 6.07) is 6.74. The van der Waals surface area contributed by atoms with Crippen molar-refractivity contribution in [3.05, 3.63) is 35.6 Å². The molecular formula is C14H16BrFO2. The molecule has 2 fully saturated rings. The number of ether oxygens (including phenoxy) is 2. The molecule has 1 aromatic rings. The summed E-state index contributed by atoms with van der Waals surface area (Å²) in [6.45, 7) is 2.39. The number of halogens is 2. The molecule has 0 amide bonds. The van der Waals surface area contributed by atoms with E-state index in [1.165, 1.54) is 6.07 Å². The Morgan fingerprint density at radius 1 is 1.44 bits per heavy atom. The Kier molecular flexibility index (Phi) is 3.20. The van der Waals surface area contributed by atoms with Crippen LogP contribution < -0.4 is 0 Å². The van der Waals surface area contributed by atoms with Gasteiger partial charge in [0, 0.05) is 10.4 Å². The van der Waals surface area contributed by atoms with Gasteiger partial charge in [0.1, 0.15) is 11.4 Å². The minimum atomic E-state index is -0.206. The van der Waals surface area contributed by atoms with Crippen LogP contribution in [0.3, 0.4) is 0 Å². The maximum Gasteiger partial charge on any atom is 0.128 e. The molecule has 2 aliphatic rings. The van der Waals surface area contributed by atoms with E-state index in [4.69, 9.17) is 9.47 Å². The molecule has 0 bridgehead atoms. The normalized spacial score (nSPS) is 38.3. The Balaban J connectivity index is 1.65. The zero-order valence-electron chi connectivity index (χ0n) is 10.2. The second kappa shape index (κ2) is 4.58. The van der Waals surface area contributed by atoms with Crippen molar-refractivity contribution in [1.29, 1.82) is 0 Å². The Morgan fingerprint density at radius 2 is 2.22 bits per heavy atom. The molecule has 1 aromatic carbocycles. The van der Waals surface area contributed by atoms with Crippen LogP contribution in [0.15, 0.2) is 24.3 Å². The predicted molar refractivity (Wildman–Crippen MR) is 70.2 cm³/mol. The van der Waals surface area contributed by atoms with Crippen molar-refractivity contribution in [3.8, 4) is 0 Å². The highest BCUT2D eigenvalue weighted by molar-refractivity contribution is 9.09. The molecule has 4 unspecified atom stereocenters.